The van der Waals surface area contributed by atoms with E-state index in [2.05, 4.69) is 4.98 Å². The second kappa shape index (κ2) is 3.11. The number of aliphatic hydroxyl groups is 1. The van der Waals surface area contributed by atoms with E-state index in [0.29, 0.717) is 5.88 Å². The molecule has 3 nitrogen and oxygen atoms in total. The van der Waals surface area contributed by atoms with Gasteiger partial charge in [-0.15, -0.1) is 0 Å². The highest BCUT2D eigenvalue weighted by Gasteiger charge is 2.09. The van der Waals surface area contributed by atoms with Gasteiger partial charge < -0.3 is 14.8 Å². The van der Waals surface area contributed by atoms with E-state index in [-0.39, 0.29) is 6.61 Å². The maximum absolute atomic E-state index is 9.14. The zero-order valence-corrected chi connectivity index (χ0v) is 7.37. The molecule has 0 radical (unpaired) electrons. The lowest BCUT2D eigenvalue weighted by molar-refractivity contribution is 0.274. The summed E-state index contributed by atoms with van der Waals surface area (Å²) in [6, 6.07) is 7.80. The van der Waals surface area contributed by atoms with Crippen LogP contribution < -0.4 is 4.74 Å². The fourth-order valence-corrected chi connectivity index (χ4v) is 1.51. The van der Waals surface area contributed by atoms with Crippen molar-refractivity contribution in [1.82, 2.24) is 4.98 Å². The van der Waals surface area contributed by atoms with Crippen molar-refractivity contribution in [2.75, 3.05) is 7.11 Å². The van der Waals surface area contributed by atoms with Crippen LogP contribution in [0.3, 0.4) is 0 Å². The zero-order chi connectivity index (χ0) is 9.26. The van der Waals surface area contributed by atoms with Gasteiger partial charge in [0.25, 0.3) is 0 Å². The van der Waals surface area contributed by atoms with Crippen molar-refractivity contribution in [3.05, 3.63) is 29.8 Å². The Morgan fingerprint density at radius 1 is 1.38 bits per heavy atom. The standard InChI is InChI=1S/C10H11NO2/c1-13-10-8(6-12)7-4-2-3-5-9(7)11-10/h2-5,11-12H,6H2,1H3. The molecule has 0 saturated carbocycles. The zero-order valence-electron chi connectivity index (χ0n) is 7.37. The molecule has 0 unspecified atom stereocenters. The second-order valence-electron chi connectivity index (χ2n) is 2.84. The average molecular weight is 177 g/mol. The number of aliphatic hydroxyl groups excluding tert-OH is 1. The van der Waals surface area contributed by atoms with Crippen LogP contribution in [0, 0.1) is 0 Å². The lowest BCUT2D eigenvalue weighted by Gasteiger charge is -1.97. The fraction of sp³-hybridized carbons (Fsp3) is 0.200. The molecular formula is C10H11NO2. The van der Waals surface area contributed by atoms with Crippen molar-refractivity contribution in [2.45, 2.75) is 6.61 Å². The third kappa shape index (κ3) is 1.17. The number of para-hydroxylation sites is 1. The number of aromatic amines is 1. The van der Waals surface area contributed by atoms with Crippen LogP contribution in [0.15, 0.2) is 24.3 Å². The predicted octanol–water partition coefficient (Wildman–Crippen LogP) is 1.67. The van der Waals surface area contributed by atoms with Gasteiger partial charge in [-0.25, -0.2) is 0 Å². The monoisotopic (exact) mass is 177 g/mol. The van der Waals surface area contributed by atoms with Crippen LogP contribution in [0.1, 0.15) is 5.56 Å². The predicted molar refractivity (Wildman–Crippen MR) is 50.8 cm³/mol. The summed E-state index contributed by atoms with van der Waals surface area (Å²) in [6.45, 7) is -0.00676. The Labute approximate surface area is 76.0 Å². The van der Waals surface area contributed by atoms with Gasteiger partial charge in [0.15, 0.2) is 5.88 Å². The van der Waals surface area contributed by atoms with E-state index in [1.165, 1.54) is 0 Å². The Morgan fingerprint density at radius 3 is 2.85 bits per heavy atom. The third-order valence-corrected chi connectivity index (χ3v) is 2.14. The van der Waals surface area contributed by atoms with Gasteiger partial charge in [0.05, 0.1) is 13.7 Å². The lowest BCUT2D eigenvalue weighted by Crippen LogP contribution is -1.88. The number of hydrogen-bond donors (Lipinski definition) is 2. The number of rotatable bonds is 2. The van der Waals surface area contributed by atoms with Gasteiger partial charge in [-0.2, -0.15) is 0 Å². The summed E-state index contributed by atoms with van der Waals surface area (Å²) in [5.74, 6) is 0.642. The summed E-state index contributed by atoms with van der Waals surface area (Å²) in [5.41, 5.74) is 1.81. The molecular weight excluding hydrogens is 166 g/mol. The van der Waals surface area contributed by atoms with Crippen LogP contribution in [-0.2, 0) is 6.61 Å². The Bertz CT molecular complexity index is 420. The summed E-state index contributed by atoms with van der Waals surface area (Å²) < 4.78 is 5.11. The minimum Gasteiger partial charge on any atom is -0.482 e. The van der Waals surface area contributed by atoms with E-state index in [9.17, 15) is 0 Å². The molecule has 0 aliphatic carbocycles. The maximum atomic E-state index is 9.14. The largest absolute Gasteiger partial charge is 0.482 e. The molecule has 68 valence electrons. The van der Waals surface area contributed by atoms with Crippen molar-refractivity contribution in [3.63, 3.8) is 0 Å². The Kier molecular flexibility index (Phi) is 1.94. The number of hydrogen-bond acceptors (Lipinski definition) is 2. The molecule has 2 N–H and O–H groups in total. The third-order valence-electron chi connectivity index (χ3n) is 2.14. The molecule has 1 aromatic heterocycles. The Hall–Kier alpha value is -1.48. The van der Waals surface area contributed by atoms with E-state index in [1.807, 2.05) is 24.3 Å². The number of H-pyrrole nitrogens is 1. The summed E-state index contributed by atoms with van der Waals surface area (Å²) >= 11 is 0. The highest BCUT2D eigenvalue weighted by atomic mass is 16.5. The van der Waals surface area contributed by atoms with Crippen molar-refractivity contribution < 1.29 is 9.84 Å². The van der Waals surface area contributed by atoms with Crippen molar-refractivity contribution in [1.29, 1.82) is 0 Å². The number of methoxy groups -OCH3 is 1. The molecule has 0 amide bonds. The van der Waals surface area contributed by atoms with E-state index < -0.39 is 0 Å². The minimum atomic E-state index is -0.00676. The molecule has 1 heterocycles. The van der Waals surface area contributed by atoms with Crippen molar-refractivity contribution in [2.24, 2.45) is 0 Å². The molecule has 0 aliphatic rings. The highest BCUT2D eigenvalue weighted by molar-refractivity contribution is 5.85. The normalized spacial score (nSPS) is 10.6. The molecule has 0 atom stereocenters. The number of nitrogens with one attached hydrogen (secondary N) is 1. The fourth-order valence-electron chi connectivity index (χ4n) is 1.51. The molecule has 2 rings (SSSR count). The number of ether oxygens (including phenoxy) is 1. The van der Waals surface area contributed by atoms with E-state index in [0.717, 1.165) is 16.5 Å². The first-order valence-electron chi connectivity index (χ1n) is 4.11. The lowest BCUT2D eigenvalue weighted by atomic mass is 10.2. The molecule has 2 aromatic rings. The molecule has 0 aliphatic heterocycles. The number of fused-ring (bicyclic) bond motifs is 1. The molecule has 1 aromatic carbocycles. The molecule has 0 bridgehead atoms. The first-order chi connectivity index (χ1) is 6.36. The summed E-state index contributed by atoms with van der Waals surface area (Å²) in [7, 11) is 1.59. The van der Waals surface area contributed by atoms with Gasteiger partial charge in [-0.05, 0) is 6.07 Å². The molecule has 13 heavy (non-hydrogen) atoms. The van der Waals surface area contributed by atoms with E-state index in [1.54, 1.807) is 7.11 Å². The van der Waals surface area contributed by atoms with Gasteiger partial charge in [-0.1, -0.05) is 18.2 Å². The number of aromatic nitrogens is 1. The van der Waals surface area contributed by atoms with Crippen LogP contribution in [-0.4, -0.2) is 17.2 Å². The van der Waals surface area contributed by atoms with Gasteiger partial charge >= 0.3 is 0 Å². The van der Waals surface area contributed by atoms with Crippen LogP contribution in [0.2, 0.25) is 0 Å². The highest BCUT2D eigenvalue weighted by Crippen LogP contribution is 2.27. The van der Waals surface area contributed by atoms with Crippen LogP contribution in [0.25, 0.3) is 10.9 Å². The van der Waals surface area contributed by atoms with Gasteiger partial charge in [-0.3, -0.25) is 0 Å². The molecule has 3 heteroatoms. The first kappa shape index (κ1) is 8.13. The van der Waals surface area contributed by atoms with Crippen LogP contribution in [0.4, 0.5) is 0 Å². The topological polar surface area (TPSA) is 45.2 Å². The molecule has 0 fully saturated rings. The molecule has 0 saturated heterocycles. The molecule has 0 spiro atoms. The SMILES string of the molecule is COc1[nH]c2ccccc2c1CO. The Morgan fingerprint density at radius 2 is 2.15 bits per heavy atom. The first-order valence-corrected chi connectivity index (χ1v) is 4.11. The smallest absolute Gasteiger partial charge is 0.197 e. The van der Waals surface area contributed by atoms with Crippen LogP contribution >= 0.6 is 0 Å². The summed E-state index contributed by atoms with van der Waals surface area (Å²) in [4.78, 5) is 3.08. The van der Waals surface area contributed by atoms with Crippen molar-refractivity contribution >= 4 is 10.9 Å². The second-order valence-corrected chi connectivity index (χ2v) is 2.84. The minimum absolute atomic E-state index is 0.00676. The van der Waals surface area contributed by atoms with Crippen LogP contribution in [0.5, 0.6) is 5.88 Å². The van der Waals surface area contributed by atoms with E-state index >= 15 is 0 Å². The summed E-state index contributed by atoms with van der Waals surface area (Å²) in [6.07, 6.45) is 0. The van der Waals surface area contributed by atoms with E-state index in [4.69, 9.17) is 9.84 Å². The van der Waals surface area contributed by atoms with Crippen molar-refractivity contribution in [3.8, 4) is 5.88 Å². The number of benzene rings is 1. The maximum Gasteiger partial charge on any atom is 0.197 e. The van der Waals surface area contributed by atoms with Gasteiger partial charge in [0.1, 0.15) is 0 Å². The van der Waals surface area contributed by atoms with Gasteiger partial charge in [0, 0.05) is 16.5 Å². The summed E-state index contributed by atoms with van der Waals surface area (Å²) in [5, 5.41) is 10.2. The average Bonchev–Trinajstić information content (AvgIpc) is 2.55. The quantitative estimate of drug-likeness (QED) is 0.732. The van der Waals surface area contributed by atoms with Gasteiger partial charge in [0.2, 0.25) is 0 Å². The Balaban J connectivity index is 2.73.